The van der Waals surface area contributed by atoms with Crippen LogP contribution in [0.25, 0.3) is 21.9 Å². The number of aliphatic hydroxyl groups excluding tert-OH is 2. The molecule has 1 aliphatic rings. The molecule has 3 aromatic rings. The molecule has 1 aliphatic heterocycles. The van der Waals surface area contributed by atoms with Gasteiger partial charge in [-0.2, -0.15) is 0 Å². The van der Waals surface area contributed by atoms with Crippen molar-refractivity contribution in [1.29, 1.82) is 0 Å². The fourth-order valence-corrected chi connectivity index (χ4v) is 3.27. The second-order valence-corrected chi connectivity index (χ2v) is 6.88. The lowest BCUT2D eigenvalue weighted by Crippen LogP contribution is -2.48. The minimum absolute atomic E-state index is 0.0340. The molecule has 0 saturated carbocycles. The van der Waals surface area contributed by atoms with Crippen LogP contribution < -0.4 is 10.2 Å². The predicted octanol–water partition coefficient (Wildman–Crippen LogP) is 1.63. The molecule has 0 fully saturated rings. The van der Waals surface area contributed by atoms with Crippen LogP contribution in [0.1, 0.15) is 25.5 Å². The van der Waals surface area contributed by atoms with Crippen molar-refractivity contribution in [2.24, 2.45) is 0 Å². The number of ether oxygens (including phenoxy) is 1. The summed E-state index contributed by atoms with van der Waals surface area (Å²) < 4.78 is 11.1. The van der Waals surface area contributed by atoms with Crippen molar-refractivity contribution in [3.05, 3.63) is 34.0 Å². The number of hydrogen-bond acceptors (Lipinski definition) is 8. The lowest BCUT2D eigenvalue weighted by atomic mass is 9.87. The van der Waals surface area contributed by atoms with Crippen LogP contribution in [0.2, 0.25) is 0 Å². The lowest BCUT2D eigenvalue weighted by Gasteiger charge is -2.40. The van der Waals surface area contributed by atoms with Crippen molar-refractivity contribution >= 4 is 21.9 Å². The molecule has 1 aromatic heterocycles. The van der Waals surface area contributed by atoms with Crippen LogP contribution in [0.15, 0.2) is 27.4 Å². The van der Waals surface area contributed by atoms with Gasteiger partial charge >= 0.3 is 0 Å². The minimum Gasteiger partial charge on any atom is -0.508 e. The minimum atomic E-state index is -1.40. The molecule has 8 nitrogen and oxygen atoms in total. The average molecular weight is 360 g/mol. The standard InChI is InChI=1S/C18H16O8/c1-18(2)17(24)13(22)8-5-7-12(21)11-9(20)3-6(19)4-10(11)25-15(7)14(23)16(8)26-18/h3-5,13,17,19-20,22-24H,1-2H3/t13-,17-/m1/s1. The summed E-state index contributed by atoms with van der Waals surface area (Å²) in [6.45, 7) is 3.08. The number of phenols is 3. The van der Waals surface area contributed by atoms with E-state index in [0.29, 0.717) is 0 Å². The third-order valence-electron chi connectivity index (χ3n) is 4.68. The van der Waals surface area contributed by atoms with Gasteiger partial charge in [0.15, 0.2) is 11.3 Å². The molecule has 2 heterocycles. The Balaban J connectivity index is 2.15. The summed E-state index contributed by atoms with van der Waals surface area (Å²) in [5.41, 5.74) is -2.16. The first-order valence-corrected chi connectivity index (χ1v) is 7.85. The summed E-state index contributed by atoms with van der Waals surface area (Å²) in [4.78, 5) is 12.8. The lowest BCUT2D eigenvalue weighted by molar-refractivity contribution is -0.112. The molecule has 2 aromatic carbocycles. The molecular weight excluding hydrogens is 344 g/mol. The molecule has 5 N–H and O–H groups in total. The van der Waals surface area contributed by atoms with E-state index >= 15 is 0 Å². The number of hydrogen-bond donors (Lipinski definition) is 5. The van der Waals surface area contributed by atoms with Gasteiger partial charge in [-0.3, -0.25) is 4.79 Å². The number of aromatic hydroxyl groups is 3. The first-order valence-electron chi connectivity index (χ1n) is 7.85. The molecule has 4 rings (SSSR count). The summed E-state index contributed by atoms with van der Waals surface area (Å²) in [5, 5.41) is 50.4. The predicted molar refractivity (Wildman–Crippen MR) is 90.7 cm³/mol. The van der Waals surface area contributed by atoms with E-state index in [1.807, 2.05) is 0 Å². The SMILES string of the molecule is CC1(C)Oc2c(cc3c(=O)c4c(O)cc(O)cc4oc3c2O)[C@@H](O)[C@H]1O. The van der Waals surface area contributed by atoms with Gasteiger partial charge in [-0.15, -0.1) is 0 Å². The Morgan fingerprint density at radius 1 is 1.08 bits per heavy atom. The maximum Gasteiger partial charge on any atom is 0.204 e. The van der Waals surface area contributed by atoms with E-state index in [4.69, 9.17) is 9.15 Å². The van der Waals surface area contributed by atoms with Gasteiger partial charge in [-0.05, 0) is 19.9 Å². The molecular formula is C18H16O8. The van der Waals surface area contributed by atoms with Crippen molar-refractivity contribution in [2.45, 2.75) is 31.7 Å². The highest BCUT2D eigenvalue weighted by Gasteiger charge is 2.44. The summed E-state index contributed by atoms with van der Waals surface area (Å²) in [7, 11) is 0. The monoisotopic (exact) mass is 360 g/mol. The van der Waals surface area contributed by atoms with Crippen molar-refractivity contribution in [3.8, 4) is 23.0 Å². The van der Waals surface area contributed by atoms with Gasteiger partial charge < -0.3 is 34.7 Å². The summed E-state index contributed by atoms with van der Waals surface area (Å²) >= 11 is 0. The van der Waals surface area contributed by atoms with Gasteiger partial charge in [0.05, 0.1) is 5.39 Å². The number of benzene rings is 2. The van der Waals surface area contributed by atoms with E-state index in [1.165, 1.54) is 6.07 Å². The number of phenolic OH excluding ortho intramolecular Hbond substituents is 3. The van der Waals surface area contributed by atoms with Gasteiger partial charge in [0.25, 0.3) is 0 Å². The van der Waals surface area contributed by atoms with E-state index in [1.54, 1.807) is 13.8 Å². The zero-order valence-corrected chi connectivity index (χ0v) is 13.8. The molecule has 0 bridgehead atoms. The first-order chi connectivity index (χ1) is 12.1. The van der Waals surface area contributed by atoms with E-state index in [0.717, 1.165) is 12.1 Å². The smallest absolute Gasteiger partial charge is 0.204 e. The summed E-state index contributed by atoms with van der Waals surface area (Å²) in [6.07, 6.45) is -2.68. The Labute approximate surface area is 146 Å². The third kappa shape index (κ3) is 2.06. The highest BCUT2D eigenvalue weighted by molar-refractivity contribution is 5.97. The molecule has 0 aliphatic carbocycles. The molecule has 2 atom stereocenters. The number of fused-ring (bicyclic) bond motifs is 3. The molecule has 0 radical (unpaired) electrons. The van der Waals surface area contributed by atoms with Crippen LogP contribution in [0.5, 0.6) is 23.0 Å². The first kappa shape index (κ1) is 16.5. The van der Waals surface area contributed by atoms with Crippen LogP contribution >= 0.6 is 0 Å². The number of rotatable bonds is 0. The Morgan fingerprint density at radius 2 is 1.77 bits per heavy atom. The maximum absolute atomic E-state index is 12.8. The molecule has 136 valence electrons. The fraction of sp³-hybridized carbons (Fsp3) is 0.278. The van der Waals surface area contributed by atoms with Crippen molar-refractivity contribution in [2.75, 3.05) is 0 Å². The molecule has 0 spiro atoms. The van der Waals surface area contributed by atoms with Crippen molar-refractivity contribution < 1.29 is 34.7 Å². The van der Waals surface area contributed by atoms with Gasteiger partial charge in [0.2, 0.25) is 11.2 Å². The average Bonchev–Trinajstić information content (AvgIpc) is 2.54. The topological polar surface area (TPSA) is 141 Å². The van der Waals surface area contributed by atoms with Gasteiger partial charge in [-0.25, -0.2) is 0 Å². The van der Waals surface area contributed by atoms with Crippen molar-refractivity contribution in [3.63, 3.8) is 0 Å². The number of aliphatic hydroxyl groups is 2. The Morgan fingerprint density at radius 3 is 2.46 bits per heavy atom. The second kappa shape index (κ2) is 5.03. The van der Waals surface area contributed by atoms with E-state index < -0.39 is 34.7 Å². The summed E-state index contributed by atoms with van der Waals surface area (Å²) in [6, 6.07) is 3.39. The molecule has 8 heteroatoms. The largest absolute Gasteiger partial charge is 0.508 e. The normalized spacial score (nSPS) is 21.5. The van der Waals surface area contributed by atoms with Gasteiger partial charge in [-0.1, -0.05) is 0 Å². The Bertz CT molecular complexity index is 1130. The van der Waals surface area contributed by atoms with Crippen LogP contribution in [0.3, 0.4) is 0 Å². The van der Waals surface area contributed by atoms with Crippen LogP contribution in [0.4, 0.5) is 0 Å². The third-order valence-corrected chi connectivity index (χ3v) is 4.68. The summed E-state index contributed by atoms with van der Waals surface area (Å²) in [5.74, 6) is -1.41. The molecule has 0 amide bonds. The fourth-order valence-electron chi connectivity index (χ4n) is 3.27. The highest BCUT2D eigenvalue weighted by atomic mass is 16.5. The van der Waals surface area contributed by atoms with Crippen LogP contribution in [-0.2, 0) is 0 Å². The van der Waals surface area contributed by atoms with E-state index in [-0.39, 0.29) is 39.0 Å². The molecule has 0 unspecified atom stereocenters. The molecule has 0 saturated heterocycles. The second-order valence-electron chi connectivity index (χ2n) is 6.88. The van der Waals surface area contributed by atoms with Gasteiger partial charge in [0.1, 0.15) is 40.3 Å². The van der Waals surface area contributed by atoms with Crippen LogP contribution in [0, 0.1) is 0 Å². The Hall–Kier alpha value is -2.97. The van der Waals surface area contributed by atoms with Crippen LogP contribution in [-0.4, -0.2) is 37.2 Å². The Kier molecular flexibility index (Phi) is 3.19. The van der Waals surface area contributed by atoms with Crippen molar-refractivity contribution in [1.82, 2.24) is 0 Å². The zero-order chi connectivity index (χ0) is 19.0. The quantitative estimate of drug-likeness (QED) is 0.381. The van der Waals surface area contributed by atoms with Gasteiger partial charge in [0, 0.05) is 17.7 Å². The maximum atomic E-state index is 12.8. The van der Waals surface area contributed by atoms with E-state index in [9.17, 15) is 30.3 Å². The van der Waals surface area contributed by atoms with E-state index in [2.05, 4.69) is 0 Å². The zero-order valence-electron chi connectivity index (χ0n) is 13.8. The highest BCUT2D eigenvalue weighted by Crippen LogP contribution is 2.48. The molecule has 26 heavy (non-hydrogen) atoms.